The molecule has 3 nitrogen and oxygen atoms in total. The zero-order valence-corrected chi connectivity index (χ0v) is 9.65. The molecule has 7 heteroatoms. The van der Waals surface area contributed by atoms with Gasteiger partial charge in [0.05, 0.1) is 0 Å². The molecular weight excluding hydrogens is 232 g/mol. The third-order valence-electron chi connectivity index (χ3n) is 1.10. The summed E-state index contributed by atoms with van der Waals surface area (Å²) in [4.78, 5) is 1.53. The first-order valence-electron chi connectivity index (χ1n) is 3.13. The van der Waals surface area contributed by atoms with Crippen molar-refractivity contribution in [2.45, 2.75) is 0 Å². The zero-order valence-electron chi connectivity index (χ0n) is 6.23. The highest BCUT2D eigenvalue weighted by molar-refractivity contribution is 8.11. The Morgan fingerprint density at radius 1 is 1.42 bits per heavy atom. The van der Waals surface area contributed by atoms with Crippen molar-refractivity contribution in [3.8, 4) is 0 Å². The minimum Gasteiger partial charge on any atom is -0.376 e. The predicted octanol–water partition coefficient (Wildman–Crippen LogP) is 0.257. The second-order valence-corrected chi connectivity index (χ2v) is 4.19. The van der Waals surface area contributed by atoms with Crippen molar-refractivity contribution in [2.75, 3.05) is 19.8 Å². The van der Waals surface area contributed by atoms with Crippen molar-refractivity contribution in [1.82, 2.24) is 10.2 Å². The minimum atomic E-state index is -0.136. The molecule has 0 saturated carbocycles. The smallest absolute Gasteiger partial charge is 0.135 e. The first-order valence-corrected chi connectivity index (χ1v) is 4.84. The largest absolute Gasteiger partial charge is 0.376 e. The van der Waals surface area contributed by atoms with Crippen LogP contribution in [0.15, 0.2) is 0 Å². The van der Waals surface area contributed by atoms with Crippen molar-refractivity contribution >= 4 is 58.3 Å². The number of hydrogen-bond donors (Lipinski definition) is 4. The van der Waals surface area contributed by atoms with Crippen LogP contribution in [0.4, 0.5) is 0 Å². The van der Waals surface area contributed by atoms with E-state index in [4.69, 9.17) is 17.3 Å². The van der Waals surface area contributed by atoms with E-state index >= 15 is 0 Å². The SMILES string of the molecule is OCN(CCNC(=S)S)C(=S)S. The van der Waals surface area contributed by atoms with Gasteiger partial charge in [-0.15, -0.1) is 25.3 Å². The van der Waals surface area contributed by atoms with Crippen LogP contribution < -0.4 is 5.32 Å². The number of hydrogen-bond acceptors (Lipinski definition) is 3. The number of aliphatic hydroxyl groups excluding tert-OH is 1. The Kier molecular flexibility index (Phi) is 7.16. The van der Waals surface area contributed by atoms with E-state index in [1.54, 1.807) is 0 Å². The number of aliphatic hydroxyl groups is 1. The molecule has 0 heterocycles. The van der Waals surface area contributed by atoms with Gasteiger partial charge < -0.3 is 15.3 Å². The van der Waals surface area contributed by atoms with Crippen LogP contribution in [0.5, 0.6) is 0 Å². The highest BCUT2D eigenvalue weighted by Gasteiger charge is 2.02. The number of thiocarbonyl (C=S) groups is 2. The highest BCUT2D eigenvalue weighted by Crippen LogP contribution is 1.93. The lowest BCUT2D eigenvalue weighted by Gasteiger charge is -2.19. The molecule has 0 radical (unpaired) electrons. The lowest BCUT2D eigenvalue weighted by molar-refractivity contribution is 0.176. The summed E-state index contributed by atoms with van der Waals surface area (Å²) in [5, 5.41) is 11.6. The van der Waals surface area contributed by atoms with Gasteiger partial charge in [0.1, 0.15) is 15.4 Å². The Morgan fingerprint density at radius 3 is 2.33 bits per heavy atom. The lowest BCUT2D eigenvalue weighted by Crippen LogP contribution is -2.35. The second kappa shape index (κ2) is 6.90. The Morgan fingerprint density at radius 2 is 2.00 bits per heavy atom. The van der Waals surface area contributed by atoms with Gasteiger partial charge in [-0.05, 0) is 0 Å². The summed E-state index contributed by atoms with van der Waals surface area (Å²) in [7, 11) is 0. The van der Waals surface area contributed by atoms with Gasteiger partial charge in [0.2, 0.25) is 0 Å². The second-order valence-electron chi connectivity index (χ2n) is 1.92. The van der Waals surface area contributed by atoms with E-state index in [9.17, 15) is 0 Å². The van der Waals surface area contributed by atoms with Crippen molar-refractivity contribution in [2.24, 2.45) is 0 Å². The van der Waals surface area contributed by atoms with Gasteiger partial charge in [-0.3, -0.25) is 0 Å². The number of rotatable bonds is 4. The quantitative estimate of drug-likeness (QED) is 0.323. The molecule has 0 atom stereocenters. The molecule has 2 N–H and O–H groups in total. The minimum absolute atomic E-state index is 0.136. The first-order chi connectivity index (χ1) is 5.57. The summed E-state index contributed by atoms with van der Waals surface area (Å²) >= 11 is 17.2. The molecule has 0 aromatic rings. The molecule has 12 heavy (non-hydrogen) atoms. The molecule has 0 aliphatic heterocycles. The van der Waals surface area contributed by atoms with Crippen LogP contribution in [0, 0.1) is 0 Å². The third kappa shape index (κ3) is 6.01. The topological polar surface area (TPSA) is 35.5 Å². The lowest BCUT2D eigenvalue weighted by atomic mass is 10.6. The van der Waals surface area contributed by atoms with Crippen molar-refractivity contribution < 1.29 is 5.11 Å². The Hall–Kier alpha value is 0.440. The summed E-state index contributed by atoms with van der Waals surface area (Å²) in [6, 6.07) is 0. The van der Waals surface area contributed by atoms with Gasteiger partial charge in [0.25, 0.3) is 0 Å². The van der Waals surface area contributed by atoms with E-state index < -0.39 is 0 Å². The van der Waals surface area contributed by atoms with Gasteiger partial charge in [0, 0.05) is 13.1 Å². The maximum absolute atomic E-state index is 8.77. The van der Waals surface area contributed by atoms with E-state index in [1.165, 1.54) is 4.90 Å². The molecule has 0 aliphatic carbocycles. The Labute approximate surface area is 93.3 Å². The molecule has 0 aromatic heterocycles. The maximum Gasteiger partial charge on any atom is 0.135 e. The molecule has 70 valence electrons. The van der Waals surface area contributed by atoms with Crippen LogP contribution in [0.3, 0.4) is 0 Å². The molecule has 0 unspecified atom stereocenters. The monoisotopic (exact) mass is 242 g/mol. The molecule has 0 bridgehead atoms. The predicted molar refractivity (Wildman–Crippen MR) is 65.0 cm³/mol. The molecule has 0 amide bonds. The van der Waals surface area contributed by atoms with E-state index in [0.29, 0.717) is 21.7 Å². The average molecular weight is 242 g/mol. The van der Waals surface area contributed by atoms with Gasteiger partial charge in [-0.25, -0.2) is 0 Å². The fourth-order valence-corrected chi connectivity index (χ4v) is 1.05. The summed E-state index contributed by atoms with van der Waals surface area (Å²) in [6.07, 6.45) is 0. The normalized spacial score (nSPS) is 9.25. The standard InChI is InChI=1S/C5H10N2OS4/c8-3-7(5(11)12)2-1-6-4(9)10/h8H,1-3H2,(H,11,12)(H2,6,9,10). The number of thiol groups is 2. The van der Waals surface area contributed by atoms with Gasteiger partial charge in [-0.2, -0.15) is 0 Å². The van der Waals surface area contributed by atoms with Crippen LogP contribution >= 0.6 is 49.7 Å². The van der Waals surface area contributed by atoms with Gasteiger partial charge in [0.15, 0.2) is 0 Å². The molecule has 0 aliphatic rings. The van der Waals surface area contributed by atoms with Crippen LogP contribution in [0.25, 0.3) is 0 Å². The Bertz CT molecular complexity index is 175. The number of nitrogens with zero attached hydrogens (tertiary/aromatic N) is 1. The van der Waals surface area contributed by atoms with Crippen LogP contribution in [-0.4, -0.2) is 38.5 Å². The van der Waals surface area contributed by atoms with Crippen LogP contribution in [-0.2, 0) is 0 Å². The van der Waals surface area contributed by atoms with E-state index in [0.717, 1.165) is 0 Å². The zero-order chi connectivity index (χ0) is 9.56. The molecule has 0 saturated heterocycles. The van der Waals surface area contributed by atoms with Crippen molar-refractivity contribution in [3.05, 3.63) is 0 Å². The summed E-state index contributed by atoms with van der Waals surface area (Å²) in [5.41, 5.74) is 0. The molecule has 0 fully saturated rings. The van der Waals surface area contributed by atoms with Crippen LogP contribution in [0.2, 0.25) is 0 Å². The fraction of sp³-hybridized carbons (Fsp3) is 0.600. The van der Waals surface area contributed by atoms with E-state index in [-0.39, 0.29) is 6.73 Å². The molecule has 0 rings (SSSR count). The highest BCUT2D eigenvalue weighted by atomic mass is 32.1. The molecule has 0 aromatic carbocycles. The Balaban J connectivity index is 3.59. The summed E-state index contributed by atoms with van der Waals surface area (Å²) < 4.78 is 0.794. The first kappa shape index (κ1) is 12.4. The maximum atomic E-state index is 8.77. The van der Waals surface area contributed by atoms with E-state index in [2.05, 4.69) is 42.8 Å². The van der Waals surface area contributed by atoms with E-state index in [1.807, 2.05) is 0 Å². The summed E-state index contributed by atoms with van der Waals surface area (Å²) in [5.74, 6) is 0. The van der Waals surface area contributed by atoms with Crippen molar-refractivity contribution in [1.29, 1.82) is 0 Å². The van der Waals surface area contributed by atoms with Crippen LogP contribution in [0.1, 0.15) is 0 Å². The van der Waals surface area contributed by atoms with Crippen molar-refractivity contribution in [3.63, 3.8) is 0 Å². The summed E-state index contributed by atoms with van der Waals surface area (Å²) in [6.45, 7) is 1.01. The average Bonchev–Trinajstić information content (AvgIpc) is 1.96. The third-order valence-corrected chi connectivity index (χ3v) is 1.94. The number of nitrogens with one attached hydrogen (secondary N) is 1. The van der Waals surface area contributed by atoms with Gasteiger partial charge >= 0.3 is 0 Å². The molecular formula is C5H10N2OS4. The molecule has 0 spiro atoms. The van der Waals surface area contributed by atoms with Gasteiger partial charge in [-0.1, -0.05) is 24.4 Å². The fourth-order valence-electron chi connectivity index (χ4n) is 0.525.